The first-order chi connectivity index (χ1) is 24.7. The van der Waals surface area contributed by atoms with Gasteiger partial charge in [-0.1, -0.05) is 88.0 Å². The van der Waals surface area contributed by atoms with Gasteiger partial charge in [-0.25, -0.2) is 0 Å². The van der Waals surface area contributed by atoms with Crippen molar-refractivity contribution in [1.29, 1.82) is 0 Å². The second-order valence-corrected chi connectivity index (χ2v) is 19.1. The van der Waals surface area contributed by atoms with Crippen LogP contribution in [0.1, 0.15) is 94.9 Å². The van der Waals surface area contributed by atoms with E-state index in [0.717, 1.165) is 34.8 Å². The highest BCUT2D eigenvalue weighted by atomic mass is 32.2. The molecule has 12 rings (SSSR count). The molecule has 0 N–H and O–H groups in total. The fourth-order valence-electron chi connectivity index (χ4n) is 12.1. The lowest BCUT2D eigenvalue weighted by Gasteiger charge is -2.63. The lowest BCUT2D eigenvalue weighted by molar-refractivity contribution is -0.0443. The van der Waals surface area contributed by atoms with Gasteiger partial charge in [0.25, 0.3) is 0 Å². The van der Waals surface area contributed by atoms with Crippen LogP contribution in [0.3, 0.4) is 0 Å². The molecule has 0 radical (unpaired) electrons. The van der Waals surface area contributed by atoms with Crippen molar-refractivity contribution in [3.8, 4) is 0 Å². The molecule has 0 amide bonds. The second kappa shape index (κ2) is 10.6. The van der Waals surface area contributed by atoms with Crippen molar-refractivity contribution >= 4 is 50.8 Å². The van der Waals surface area contributed by atoms with E-state index < -0.39 is 0 Å². The maximum Gasteiger partial charge on any atom is 0.135 e. The average Bonchev–Trinajstić information content (AvgIpc) is 3.50. The van der Waals surface area contributed by atoms with E-state index in [4.69, 9.17) is 4.42 Å². The second-order valence-electron chi connectivity index (χ2n) is 18.1. The Labute approximate surface area is 306 Å². The number of hydrogen-bond acceptors (Lipinski definition) is 3. The number of nitrogens with zero attached hydrogens (tertiary/aromatic N) is 1. The van der Waals surface area contributed by atoms with Crippen LogP contribution in [-0.2, 0) is 16.2 Å². The number of fused-ring (bicyclic) bond motifs is 6. The Morgan fingerprint density at radius 2 is 1.12 bits per heavy atom. The number of anilines is 3. The molecule has 0 saturated heterocycles. The van der Waals surface area contributed by atoms with E-state index in [1.807, 2.05) is 11.8 Å². The largest absolute Gasteiger partial charge is 0.456 e. The van der Waals surface area contributed by atoms with Crippen molar-refractivity contribution in [3.63, 3.8) is 0 Å². The van der Waals surface area contributed by atoms with E-state index in [9.17, 15) is 0 Å². The predicted octanol–water partition coefficient (Wildman–Crippen LogP) is 13.6. The smallest absolute Gasteiger partial charge is 0.135 e. The molecule has 6 aliphatic rings. The van der Waals surface area contributed by atoms with Gasteiger partial charge in [-0.2, -0.15) is 0 Å². The molecule has 0 unspecified atom stereocenters. The summed E-state index contributed by atoms with van der Waals surface area (Å²) in [6.07, 6.45) is 9.50. The average molecular weight is 686 g/mol. The van der Waals surface area contributed by atoms with Gasteiger partial charge in [0.1, 0.15) is 11.2 Å². The molecule has 3 heteroatoms. The molecule has 2 nitrogen and oxygen atoms in total. The van der Waals surface area contributed by atoms with E-state index in [1.165, 1.54) is 93.7 Å². The van der Waals surface area contributed by atoms with Gasteiger partial charge < -0.3 is 9.32 Å². The minimum atomic E-state index is 0.124. The van der Waals surface area contributed by atoms with Crippen LogP contribution in [0.2, 0.25) is 0 Å². The number of furan rings is 1. The summed E-state index contributed by atoms with van der Waals surface area (Å²) in [5.41, 5.74) is 12.2. The van der Waals surface area contributed by atoms with Gasteiger partial charge in [-0.3, -0.25) is 0 Å². The van der Waals surface area contributed by atoms with Crippen LogP contribution in [0.4, 0.5) is 17.1 Å². The Kier molecular flexibility index (Phi) is 6.35. The quantitative estimate of drug-likeness (QED) is 0.184. The van der Waals surface area contributed by atoms with Crippen molar-refractivity contribution in [1.82, 2.24) is 0 Å². The van der Waals surface area contributed by atoms with Gasteiger partial charge in [-0.15, -0.1) is 0 Å². The minimum Gasteiger partial charge on any atom is -0.456 e. The third kappa shape index (κ3) is 4.31. The molecular weight excluding hydrogens is 639 g/mol. The molecule has 256 valence electrons. The van der Waals surface area contributed by atoms with Gasteiger partial charge >= 0.3 is 0 Å². The molecule has 6 aromatic rings. The summed E-state index contributed by atoms with van der Waals surface area (Å²) in [6, 6.07) is 39.7. The van der Waals surface area contributed by atoms with Crippen LogP contribution in [0.25, 0.3) is 21.9 Å². The predicted molar refractivity (Wildman–Crippen MR) is 212 cm³/mol. The van der Waals surface area contributed by atoms with Gasteiger partial charge in [0, 0.05) is 43.0 Å². The Balaban J connectivity index is 1.12. The highest BCUT2D eigenvalue weighted by molar-refractivity contribution is 7.99. The van der Waals surface area contributed by atoms with Crippen LogP contribution in [0.15, 0.2) is 117 Å². The maximum absolute atomic E-state index is 6.32. The molecule has 5 aromatic carbocycles. The first kappa shape index (κ1) is 30.7. The Hall–Kier alpha value is -3.95. The van der Waals surface area contributed by atoms with Crippen molar-refractivity contribution in [2.75, 3.05) is 4.90 Å². The molecule has 5 aliphatic carbocycles. The number of hydrogen-bond donors (Lipinski definition) is 0. The molecule has 4 bridgehead atoms. The molecular formula is C48H47NOS. The van der Waals surface area contributed by atoms with Crippen LogP contribution in [0, 0.1) is 23.7 Å². The van der Waals surface area contributed by atoms with E-state index in [0.29, 0.717) is 0 Å². The molecule has 4 fully saturated rings. The van der Waals surface area contributed by atoms with Crippen LogP contribution in [0.5, 0.6) is 0 Å². The van der Waals surface area contributed by atoms with Crippen LogP contribution < -0.4 is 4.90 Å². The summed E-state index contributed by atoms with van der Waals surface area (Å²) in [5.74, 6) is 3.37. The van der Waals surface area contributed by atoms with Crippen molar-refractivity contribution < 1.29 is 4.42 Å². The SMILES string of the molecule is CC1(C)CCC(C)(C)c2cc(N(c3ccc4c(c3)Sc3ccccc3C43C4CC5CC(C4)CC3C5)c3ccc4oc5ccccc5c4c3)ccc21. The van der Waals surface area contributed by atoms with E-state index in [-0.39, 0.29) is 16.2 Å². The van der Waals surface area contributed by atoms with Crippen molar-refractivity contribution in [2.24, 2.45) is 23.7 Å². The maximum atomic E-state index is 6.32. The zero-order valence-corrected chi connectivity index (χ0v) is 31.2. The lowest BCUT2D eigenvalue weighted by atomic mass is 9.42. The Morgan fingerprint density at radius 3 is 1.90 bits per heavy atom. The topological polar surface area (TPSA) is 16.4 Å². The van der Waals surface area contributed by atoms with Crippen molar-refractivity contribution in [2.45, 2.75) is 98.7 Å². The third-order valence-corrected chi connectivity index (χ3v) is 15.5. The first-order valence-electron chi connectivity index (χ1n) is 19.5. The molecule has 0 atom stereocenters. The van der Waals surface area contributed by atoms with Crippen LogP contribution in [-0.4, -0.2) is 0 Å². The zero-order valence-electron chi connectivity index (χ0n) is 30.3. The lowest BCUT2D eigenvalue weighted by Crippen LogP contribution is -2.57. The monoisotopic (exact) mass is 685 g/mol. The summed E-state index contributed by atoms with van der Waals surface area (Å²) in [6.45, 7) is 9.73. The standard InChI is InChI=1S/C48H47NOS/c1-46(2)19-20-47(3,4)41-27-34(13-16-38(41)46)49(33-15-18-43-37(26-33)36-9-5-7-11-42(36)50-43)35-14-17-40-45(28-35)51-44-12-8-6-10-39(44)48(40)31-22-29-21-30(24-31)25-32(48)23-29/h5-18,26-32H,19-25H2,1-4H3. The number of rotatable bonds is 3. The summed E-state index contributed by atoms with van der Waals surface area (Å²) < 4.78 is 6.32. The summed E-state index contributed by atoms with van der Waals surface area (Å²) in [4.78, 5) is 5.47. The normalized spacial score (nSPS) is 27.8. The van der Waals surface area contributed by atoms with Gasteiger partial charge in [-0.05, 0) is 156 Å². The van der Waals surface area contributed by atoms with Crippen LogP contribution >= 0.6 is 11.8 Å². The highest BCUT2D eigenvalue weighted by Gasteiger charge is 2.60. The fraction of sp³-hybridized carbons (Fsp3) is 0.375. The minimum absolute atomic E-state index is 0.124. The molecule has 1 aromatic heterocycles. The third-order valence-electron chi connectivity index (χ3n) is 14.4. The molecule has 51 heavy (non-hydrogen) atoms. The first-order valence-corrected chi connectivity index (χ1v) is 20.3. The van der Waals surface area contributed by atoms with Crippen molar-refractivity contribution in [3.05, 3.63) is 125 Å². The number of benzene rings is 5. The highest BCUT2D eigenvalue weighted by Crippen LogP contribution is 2.69. The van der Waals surface area contributed by atoms with E-state index in [2.05, 4.69) is 136 Å². The van der Waals surface area contributed by atoms with Gasteiger partial charge in [0.2, 0.25) is 0 Å². The molecule has 1 aliphatic heterocycles. The summed E-state index contributed by atoms with van der Waals surface area (Å²) in [5, 5.41) is 2.34. The summed E-state index contributed by atoms with van der Waals surface area (Å²) in [7, 11) is 0. The molecule has 2 heterocycles. The summed E-state index contributed by atoms with van der Waals surface area (Å²) >= 11 is 2.01. The molecule has 4 saturated carbocycles. The Morgan fingerprint density at radius 1 is 0.529 bits per heavy atom. The van der Waals surface area contributed by atoms with E-state index in [1.54, 1.807) is 11.1 Å². The fourth-order valence-corrected chi connectivity index (χ4v) is 13.3. The Bertz CT molecular complexity index is 2370. The number of para-hydroxylation sites is 1. The zero-order chi connectivity index (χ0) is 34.3. The van der Waals surface area contributed by atoms with E-state index >= 15 is 0 Å². The molecule has 1 spiro atoms. The van der Waals surface area contributed by atoms with Gasteiger partial charge in [0.15, 0.2) is 0 Å². The van der Waals surface area contributed by atoms with Gasteiger partial charge in [0.05, 0.1) is 0 Å².